The van der Waals surface area contributed by atoms with Crippen molar-refractivity contribution in [3.05, 3.63) is 60.4 Å². The smallest absolute Gasteiger partial charge is 0.305 e. The lowest BCUT2D eigenvalue weighted by Gasteiger charge is -2.19. The van der Waals surface area contributed by atoms with Gasteiger partial charge in [-0.2, -0.15) is 0 Å². The topological polar surface area (TPSA) is 101 Å². The molecule has 0 aliphatic heterocycles. The van der Waals surface area contributed by atoms with Crippen molar-refractivity contribution in [2.24, 2.45) is 5.92 Å². The van der Waals surface area contributed by atoms with Gasteiger partial charge in [0.15, 0.2) is 0 Å². The maximum Gasteiger partial charge on any atom is 0.305 e. The Morgan fingerprint density at radius 1 is 0.974 bits per heavy atom. The van der Waals surface area contributed by atoms with E-state index < -0.39 is 12.0 Å². The number of amides is 1. The molecule has 3 aromatic rings. The predicted molar refractivity (Wildman–Crippen MR) is 149 cm³/mol. The predicted octanol–water partition coefficient (Wildman–Crippen LogP) is 6.92. The third-order valence-corrected chi connectivity index (χ3v) is 7.65. The fraction of sp³-hybridized carbons (Fsp3) is 0.484. The summed E-state index contributed by atoms with van der Waals surface area (Å²) in [5, 5.41) is 12.5. The largest absolute Gasteiger partial charge is 0.481 e. The Bertz CT molecular complexity index is 1220. The highest BCUT2D eigenvalue weighted by Crippen LogP contribution is 2.29. The number of aromatic nitrogens is 2. The zero-order valence-corrected chi connectivity index (χ0v) is 22.1. The maximum absolute atomic E-state index is 12.9. The molecular weight excluding hydrogens is 478 g/mol. The minimum Gasteiger partial charge on any atom is -0.481 e. The molecule has 38 heavy (non-hydrogen) atoms. The maximum atomic E-state index is 12.9. The molecule has 2 unspecified atom stereocenters. The summed E-state index contributed by atoms with van der Waals surface area (Å²) in [5.74, 6) is -0.730. The zero-order valence-electron chi connectivity index (χ0n) is 22.1. The standard InChI is InChI=1S/C31H39N3O4/c35-29-15-11-6-4-2-1-3-5-8-14-24(29)16-19-30(36)33-25-17-18-26-28(20-25)34(22-32-26)27(21-31(37)38)23-12-9-7-10-13-23/h7,9-10,12-13,17-18,20,22,24,27H,1-6,8,11,14-16,19,21H2,(H,33,36)(H,37,38). The molecule has 7 nitrogen and oxygen atoms in total. The summed E-state index contributed by atoms with van der Waals surface area (Å²) in [6, 6.07) is 14.6. The lowest BCUT2D eigenvalue weighted by Crippen LogP contribution is -2.19. The summed E-state index contributed by atoms with van der Waals surface area (Å²) in [7, 11) is 0. The highest BCUT2D eigenvalue weighted by Gasteiger charge is 2.21. The van der Waals surface area contributed by atoms with Gasteiger partial charge in [-0.3, -0.25) is 14.4 Å². The Kier molecular flexibility index (Phi) is 10.1. The quantitative estimate of drug-likeness (QED) is 0.338. The molecule has 0 radical (unpaired) electrons. The molecule has 1 aromatic heterocycles. The van der Waals surface area contributed by atoms with Crippen LogP contribution in [0.15, 0.2) is 54.9 Å². The number of anilines is 1. The van der Waals surface area contributed by atoms with Crippen LogP contribution in [0, 0.1) is 5.92 Å². The van der Waals surface area contributed by atoms with Crippen LogP contribution in [0.5, 0.6) is 0 Å². The molecule has 1 aliphatic rings. The van der Waals surface area contributed by atoms with Gasteiger partial charge in [0.05, 0.1) is 29.8 Å². The molecule has 0 saturated heterocycles. The van der Waals surface area contributed by atoms with E-state index >= 15 is 0 Å². The summed E-state index contributed by atoms with van der Waals surface area (Å²) in [6.45, 7) is 0. The number of Topliss-reactive ketones (excluding diaryl/α,β-unsaturated/α-hetero) is 1. The first-order valence-corrected chi connectivity index (χ1v) is 14.1. The number of carbonyl (C=O) groups is 3. The van der Waals surface area contributed by atoms with Crippen molar-refractivity contribution in [1.82, 2.24) is 9.55 Å². The van der Waals surface area contributed by atoms with Crippen LogP contribution in [0.2, 0.25) is 0 Å². The van der Waals surface area contributed by atoms with E-state index in [-0.39, 0.29) is 18.2 Å². The summed E-state index contributed by atoms with van der Waals surface area (Å²) in [6.07, 6.45) is 13.3. The monoisotopic (exact) mass is 517 g/mol. The van der Waals surface area contributed by atoms with Gasteiger partial charge in [0.2, 0.25) is 5.91 Å². The number of nitrogens with zero attached hydrogens (tertiary/aromatic N) is 2. The van der Waals surface area contributed by atoms with Crippen LogP contribution in [-0.2, 0) is 14.4 Å². The highest BCUT2D eigenvalue weighted by molar-refractivity contribution is 5.93. The van der Waals surface area contributed by atoms with Crippen molar-refractivity contribution in [2.45, 2.75) is 89.5 Å². The molecule has 1 aliphatic carbocycles. The minimum atomic E-state index is -0.897. The Morgan fingerprint density at radius 3 is 2.42 bits per heavy atom. The fourth-order valence-corrected chi connectivity index (χ4v) is 5.52. The summed E-state index contributed by atoms with van der Waals surface area (Å²) >= 11 is 0. The van der Waals surface area contributed by atoms with Gasteiger partial charge in [0, 0.05) is 24.4 Å². The lowest BCUT2D eigenvalue weighted by molar-refractivity contribution is -0.137. The van der Waals surface area contributed by atoms with Gasteiger partial charge in [-0.05, 0) is 43.0 Å². The molecule has 1 saturated carbocycles. The number of hydrogen-bond acceptors (Lipinski definition) is 4. The first-order chi connectivity index (χ1) is 18.5. The first kappa shape index (κ1) is 27.6. The van der Waals surface area contributed by atoms with Crippen molar-refractivity contribution < 1.29 is 19.5 Å². The molecule has 1 amide bonds. The SMILES string of the molecule is O=C(O)CC(c1ccccc1)n1cnc2ccc(NC(=O)CCC3CCCCCCCCCCC3=O)cc21. The molecule has 0 bridgehead atoms. The number of carbonyl (C=O) groups excluding carboxylic acids is 2. The van der Waals surface area contributed by atoms with Crippen LogP contribution in [0.3, 0.4) is 0 Å². The molecule has 7 heteroatoms. The van der Waals surface area contributed by atoms with Crippen molar-refractivity contribution >= 4 is 34.4 Å². The Morgan fingerprint density at radius 2 is 1.68 bits per heavy atom. The molecule has 4 rings (SSSR count). The van der Waals surface area contributed by atoms with Gasteiger partial charge in [-0.15, -0.1) is 0 Å². The van der Waals surface area contributed by atoms with Crippen molar-refractivity contribution in [3.63, 3.8) is 0 Å². The normalized spacial score (nSPS) is 18.3. The molecule has 1 heterocycles. The Hall–Kier alpha value is -3.48. The number of carboxylic acids is 1. The van der Waals surface area contributed by atoms with Crippen LogP contribution in [0.25, 0.3) is 11.0 Å². The number of nitrogens with one attached hydrogen (secondary N) is 1. The number of hydrogen-bond donors (Lipinski definition) is 2. The number of benzene rings is 2. The molecule has 0 spiro atoms. The van der Waals surface area contributed by atoms with Gasteiger partial charge >= 0.3 is 5.97 Å². The number of rotatable bonds is 8. The third-order valence-electron chi connectivity index (χ3n) is 7.65. The van der Waals surface area contributed by atoms with Crippen LogP contribution < -0.4 is 5.32 Å². The second kappa shape index (κ2) is 13.9. The highest BCUT2D eigenvalue weighted by atomic mass is 16.4. The second-order valence-corrected chi connectivity index (χ2v) is 10.5. The van der Waals surface area contributed by atoms with Gasteiger partial charge in [-0.1, -0.05) is 75.3 Å². The van der Waals surface area contributed by atoms with Gasteiger partial charge in [0.1, 0.15) is 5.78 Å². The summed E-state index contributed by atoms with van der Waals surface area (Å²) in [4.78, 5) is 41.8. The zero-order chi connectivity index (χ0) is 26.7. The number of carboxylic acid groups (broad SMARTS) is 1. The van der Waals surface area contributed by atoms with Crippen LogP contribution >= 0.6 is 0 Å². The van der Waals surface area contributed by atoms with Crippen molar-refractivity contribution in [2.75, 3.05) is 5.32 Å². The molecule has 1 fully saturated rings. The van der Waals surface area contributed by atoms with Crippen molar-refractivity contribution in [1.29, 1.82) is 0 Å². The second-order valence-electron chi connectivity index (χ2n) is 10.5. The molecule has 2 aromatic carbocycles. The van der Waals surface area contributed by atoms with Gasteiger partial charge < -0.3 is 15.0 Å². The van der Waals surface area contributed by atoms with E-state index in [0.717, 1.165) is 48.7 Å². The van der Waals surface area contributed by atoms with Gasteiger partial charge in [-0.25, -0.2) is 4.98 Å². The Labute approximate surface area is 224 Å². The first-order valence-electron chi connectivity index (χ1n) is 14.1. The summed E-state index contributed by atoms with van der Waals surface area (Å²) in [5.41, 5.74) is 3.00. The van der Waals surface area contributed by atoms with E-state index in [1.807, 2.05) is 53.1 Å². The average Bonchev–Trinajstić information content (AvgIpc) is 3.32. The van der Waals surface area contributed by atoms with Crippen LogP contribution in [0.1, 0.15) is 95.1 Å². The van der Waals surface area contributed by atoms with E-state index in [9.17, 15) is 19.5 Å². The molecular formula is C31H39N3O4. The van der Waals surface area contributed by atoms with E-state index in [1.54, 1.807) is 6.33 Å². The Balaban J connectivity index is 1.43. The van der Waals surface area contributed by atoms with E-state index in [4.69, 9.17) is 0 Å². The van der Waals surface area contributed by atoms with Crippen LogP contribution in [0.4, 0.5) is 5.69 Å². The van der Waals surface area contributed by atoms with E-state index in [0.29, 0.717) is 30.7 Å². The third kappa shape index (κ3) is 7.76. The fourth-order valence-electron chi connectivity index (χ4n) is 5.52. The molecule has 2 atom stereocenters. The lowest BCUT2D eigenvalue weighted by atomic mass is 9.88. The number of imidazole rings is 1. The molecule has 2 N–H and O–H groups in total. The van der Waals surface area contributed by atoms with Crippen LogP contribution in [-0.4, -0.2) is 32.3 Å². The number of aliphatic carboxylic acids is 1. The minimum absolute atomic E-state index is 0.0354. The van der Waals surface area contributed by atoms with Crippen molar-refractivity contribution in [3.8, 4) is 0 Å². The number of ketones is 1. The van der Waals surface area contributed by atoms with Gasteiger partial charge in [0.25, 0.3) is 0 Å². The number of fused-ring (bicyclic) bond motifs is 1. The average molecular weight is 518 g/mol. The molecule has 202 valence electrons. The van der Waals surface area contributed by atoms with E-state index in [2.05, 4.69) is 10.3 Å². The van der Waals surface area contributed by atoms with E-state index in [1.165, 1.54) is 25.7 Å². The summed E-state index contributed by atoms with van der Waals surface area (Å²) < 4.78 is 1.86.